The molecular formula is C14H19F2NO. The maximum atomic E-state index is 13.5. The van der Waals surface area contributed by atoms with Gasteiger partial charge in [-0.3, -0.25) is 4.90 Å². The summed E-state index contributed by atoms with van der Waals surface area (Å²) >= 11 is 0. The molecule has 2 nitrogen and oxygen atoms in total. The van der Waals surface area contributed by atoms with Crippen LogP contribution in [0.1, 0.15) is 31.9 Å². The second kappa shape index (κ2) is 4.94. The summed E-state index contributed by atoms with van der Waals surface area (Å²) in [6.07, 6.45) is -0.0699. The Morgan fingerprint density at radius 3 is 2.44 bits per heavy atom. The van der Waals surface area contributed by atoms with Crippen LogP contribution in [-0.2, 0) is 0 Å². The topological polar surface area (TPSA) is 23.5 Å². The van der Waals surface area contributed by atoms with Crippen LogP contribution in [0, 0.1) is 17.0 Å². The molecular weight excluding hydrogens is 236 g/mol. The average molecular weight is 255 g/mol. The number of aliphatic hydroxyl groups is 1. The summed E-state index contributed by atoms with van der Waals surface area (Å²) in [4.78, 5) is 2.05. The van der Waals surface area contributed by atoms with Crippen LogP contribution in [0.5, 0.6) is 0 Å². The molecule has 1 aromatic carbocycles. The molecule has 1 aliphatic heterocycles. The number of hydrogen-bond donors (Lipinski definition) is 1. The molecule has 4 heteroatoms. The monoisotopic (exact) mass is 255 g/mol. The Balaban J connectivity index is 2.07. The van der Waals surface area contributed by atoms with Crippen LogP contribution in [0.25, 0.3) is 0 Å². The van der Waals surface area contributed by atoms with Crippen LogP contribution in [0.2, 0.25) is 0 Å². The summed E-state index contributed by atoms with van der Waals surface area (Å²) in [7, 11) is 0. The quantitative estimate of drug-likeness (QED) is 0.897. The Hall–Kier alpha value is -1.00. The van der Waals surface area contributed by atoms with E-state index in [0.717, 1.165) is 19.5 Å². The van der Waals surface area contributed by atoms with E-state index < -0.39 is 17.7 Å². The van der Waals surface area contributed by atoms with E-state index in [1.165, 1.54) is 18.2 Å². The van der Waals surface area contributed by atoms with E-state index in [1.54, 1.807) is 0 Å². The van der Waals surface area contributed by atoms with Gasteiger partial charge in [-0.1, -0.05) is 19.9 Å². The van der Waals surface area contributed by atoms with E-state index in [4.69, 9.17) is 0 Å². The lowest BCUT2D eigenvalue weighted by atomic mass is 9.93. The Bertz CT molecular complexity index is 414. The maximum absolute atomic E-state index is 13.5. The van der Waals surface area contributed by atoms with Gasteiger partial charge in [0.15, 0.2) is 0 Å². The van der Waals surface area contributed by atoms with Crippen molar-refractivity contribution in [2.45, 2.75) is 26.4 Å². The van der Waals surface area contributed by atoms with Gasteiger partial charge in [-0.05, 0) is 30.5 Å². The molecule has 0 spiro atoms. The van der Waals surface area contributed by atoms with Gasteiger partial charge in [-0.25, -0.2) is 8.78 Å². The molecule has 0 radical (unpaired) electrons. The second-order valence-electron chi connectivity index (χ2n) is 5.80. The van der Waals surface area contributed by atoms with E-state index in [-0.39, 0.29) is 17.5 Å². The number of benzene rings is 1. The van der Waals surface area contributed by atoms with Crippen LogP contribution in [0.4, 0.5) is 8.78 Å². The molecule has 1 N–H and O–H groups in total. The third-order valence-corrected chi connectivity index (χ3v) is 3.52. The van der Waals surface area contributed by atoms with E-state index in [0.29, 0.717) is 0 Å². The number of nitrogens with zero attached hydrogens (tertiary/aromatic N) is 1. The molecule has 1 atom stereocenters. The van der Waals surface area contributed by atoms with Gasteiger partial charge in [0.1, 0.15) is 11.6 Å². The first kappa shape index (κ1) is 13.4. The molecule has 0 aromatic heterocycles. The van der Waals surface area contributed by atoms with Crippen molar-refractivity contribution >= 4 is 0 Å². The van der Waals surface area contributed by atoms with Crippen LogP contribution >= 0.6 is 0 Å². The third-order valence-electron chi connectivity index (χ3n) is 3.52. The highest BCUT2D eigenvalue weighted by atomic mass is 19.1. The predicted octanol–water partition coefficient (Wildman–Crippen LogP) is 2.73. The number of β-amino-alcohol motifs (C(OH)–C–C–N with tert-alkyl or cyclic N) is 1. The molecule has 0 bridgehead atoms. The predicted molar refractivity (Wildman–Crippen MR) is 66.2 cm³/mol. The zero-order chi connectivity index (χ0) is 13.3. The van der Waals surface area contributed by atoms with Gasteiger partial charge in [0.25, 0.3) is 0 Å². The Morgan fingerprint density at radius 1 is 1.33 bits per heavy atom. The van der Waals surface area contributed by atoms with Crippen molar-refractivity contribution in [2.24, 2.45) is 5.41 Å². The summed E-state index contributed by atoms with van der Waals surface area (Å²) < 4.78 is 27.0. The van der Waals surface area contributed by atoms with E-state index in [1.807, 2.05) is 0 Å². The van der Waals surface area contributed by atoms with Crippen molar-refractivity contribution in [3.05, 3.63) is 35.4 Å². The molecule has 0 amide bonds. The van der Waals surface area contributed by atoms with Crippen molar-refractivity contribution < 1.29 is 13.9 Å². The number of halogens is 2. The first-order chi connectivity index (χ1) is 8.39. The summed E-state index contributed by atoms with van der Waals surface area (Å²) in [5.41, 5.74) is -0.00441. The molecule has 18 heavy (non-hydrogen) atoms. The number of hydrogen-bond acceptors (Lipinski definition) is 2. The lowest BCUT2D eigenvalue weighted by Gasteiger charge is -2.22. The lowest BCUT2D eigenvalue weighted by Crippen LogP contribution is -2.28. The van der Waals surface area contributed by atoms with E-state index >= 15 is 0 Å². The molecule has 1 saturated heterocycles. The lowest BCUT2D eigenvalue weighted by molar-refractivity contribution is 0.114. The molecule has 1 heterocycles. The van der Waals surface area contributed by atoms with E-state index in [9.17, 15) is 13.9 Å². The average Bonchev–Trinajstić information content (AvgIpc) is 2.57. The highest BCUT2D eigenvalue weighted by molar-refractivity contribution is 5.22. The minimum Gasteiger partial charge on any atom is -0.387 e. The van der Waals surface area contributed by atoms with Crippen molar-refractivity contribution in [1.82, 2.24) is 4.90 Å². The third kappa shape index (κ3) is 2.87. The van der Waals surface area contributed by atoms with Crippen LogP contribution in [-0.4, -0.2) is 29.6 Å². The smallest absolute Gasteiger partial charge is 0.131 e. The van der Waals surface area contributed by atoms with Gasteiger partial charge in [0.05, 0.1) is 11.7 Å². The van der Waals surface area contributed by atoms with Crippen LogP contribution < -0.4 is 0 Å². The Morgan fingerprint density at radius 2 is 1.94 bits per heavy atom. The first-order valence-electron chi connectivity index (χ1n) is 6.23. The maximum Gasteiger partial charge on any atom is 0.131 e. The molecule has 0 saturated carbocycles. The zero-order valence-corrected chi connectivity index (χ0v) is 10.8. The molecule has 100 valence electrons. The summed E-state index contributed by atoms with van der Waals surface area (Å²) in [5, 5.41) is 9.99. The van der Waals surface area contributed by atoms with Gasteiger partial charge in [0, 0.05) is 13.1 Å². The van der Waals surface area contributed by atoms with Crippen molar-refractivity contribution in [1.29, 1.82) is 0 Å². The van der Waals surface area contributed by atoms with Crippen molar-refractivity contribution in [2.75, 3.05) is 19.6 Å². The van der Waals surface area contributed by atoms with Gasteiger partial charge < -0.3 is 5.11 Å². The van der Waals surface area contributed by atoms with Crippen molar-refractivity contribution in [3.63, 3.8) is 0 Å². The summed E-state index contributed by atoms with van der Waals surface area (Å²) in [6.45, 7) is 6.30. The fourth-order valence-electron chi connectivity index (χ4n) is 2.54. The summed E-state index contributed by atoms with van der Waals surface area (Å²) in [5.74, 6) is -1.36. The Labute approximate surface area is 106 Å². The molecule has 1 aromatic rings. The fourth-order valence-corrected chi connectivity index (χ4v) is 2.54. The van der Waals surface area contributed by atoms with Gasteiger partial charge >= 0.3 is 0 Å². The SMILES string of the molecule is CC1(C)CCN(CC(O)c2c(F)cccc2F)C1. The highest BCUT2D eigenvalue weighted by Gasteiger charge is 2.31. The molecule has 1 fully saturated rings. The molecule has 1 unspecified atom stereocenters. The normalized spacial score (nSPS) is 21.2. The van der Waals surface area contributed by atoms with Crippen LogP contribution in [0.15, 0.2) is 18.2 Å². The summed E-state index contributed by atoms with van der Waals surface area (Å²) in [6, 6.07) is 3.66. The molecule has 1 aliphatic rings. The number of rotatable bonds is 3. The molecule has 0 aliphatic carbocycles. The van der Waals surface area contributed by atoms with Gasteiger partial charge in [-0.15, -0.1) is 0 Å². The fraction of sp³-hybridized carbons (Fsp3) is 0.571. The minimum absolute atomic E-state index is 0.216. The Kier molecular flexibility index (Phi) is 3.69. The second-order valence-corrected chi connectivity index (χ2v) is 5.80. The molecule has 2 rings (SSSR count). The van der Waals surface area contributed by atoms with Crippen LogP contribution in [0.3, 0.4) is 0 Å². The standard InChI is InChI=1S/C14H19F2NO/c1-14(2)6-7-17(9-14)8-12(18)13-10(15)4-3-5-11(13)16/h3-5,12,18H,6-9H2,1-2H3. The van der Waals surface area contributed by atoms with E-state index in [2.05, 4.69) is 18.7 Å². The minimum atomic E-state index is -1.11. The number of likely N-dealkylation sites (tertiary alicyclic amines) is 1. The van der Waals surface area contributed by atoms with Crippen molar-refractivity contribution in [3.8, 4) is 0 Å². The van der Waals surface area contributed by atoms with Gasteiger partial charge in [0.2, 0.25) is 0 Å². The number of aliphatic hydroxyl groups excluding tert-OH is 1. The van der Waals surface area contributed by atoms with Gasteiger partial charge in [-0.2, -0.15) is 0 Å². The highest BCUT2D eigenvalue weighted by Crippen LogP contribution is 2.30. The first-order valence-corrected chi connectivity index (χ1v) is 6.23. The largest absolute Gasteiger partial charge is 0.387 e. The zero-order valence-electron chi connectivity index (χ0n) is 10.8.